The summed E-state index contributed by atoms with van der Waals surface area (Å²) in [6, 6.07) is 8.30. The molecule has 32 heavy (non-hydrogen) atoms. The maximum absolute atomic E-state index is 5.98. The van der Waals surface area contributed by atoms with Gasteiger partial charge in [-0.2, -0.15) is 0 Å². The predicted octanol–water partition coefficient (Wildman–Crippen LogP) is 2.95. The zero-order chi connectivity index (χ0) is 21.9. The SMILES string of the molecule is CN=C(NCc1cccc(OCCN2CCOCC2)c1)NCC(C)(C)N1CCCCC1.I. The molecule has 7 nitrogen and oxygen atoms in total. The van der Waals surface area contributed by atoms with Crippen molar-refractivity contribution in [2.24, 2.45) is 4.99 Å². The molecule has 0 aromatic heterocycles. The van der Waals surface area contributed by atoms with E-state index in [-0.39, 0.29) is 29.5 Å². The molecular formula is C24H42IN5O2. The summed E-state index contributed by atoms with van der Waals surface area (Å²) in [5.74, 6) is 1.76. The van der Waals surface area contributed by atoms with Crippen molar-refractivity contribution in [3.05, 3.63) is 29.8 Å². The first-order chi connectivity index (χ1) is 15.1. The molecule has 1 aromatic carbocycles. The minimum atomic E-state index is 0. The van der Waals surface area contributed by atoms with Gasteiger partial charge in [-0.05, 0) is 57.5 Å². The first kappa shape index (κ1) is 27.1. The summed E-state index contributed by atoms with van der Waals surface area (Å²) < 4.78 is 11.4. The van der Waals surface area contributed by atoms with E-state index in [2.05, 4.69) is 57.5 Å². The van der Waals surface area contributed by atoms with Gasteiger partial charge in [0.25, 0.3) is 0 Å². The largest absolute Gasteiger partial charge is 0.492 e. The normalized spacial score (nSPS) is 18.7. The van der Waals surface area contributed by atoms with Gasteiger partial charge in [-0.1, -0.05) is 18.6 Å². The lowest BCUT2D eigenvalue weighted by Crippen LogP contribution is -2.54. The van der Waals surface area contributed by atoms with Gasteiger partial charge in [0.2, 0.25) is 0 Å². The van der Waals surface area contributed by atoms with Crippen LogP contribution in [0.15, 0.2) is 29.3 Å². The lowest BCUT2D eigenvalue weighted by molar-refractivity contribution is 0.0322. The van der Waals surface area contributed by atoms with Gasteiger partial charge in [0.1, 0.15) is 12.4 Å². The van der Waals surface area contributed by atoms with E-state index in [9.17, 15) is 0 Å². The number of likely N-dealkylation sites (tertiary alicyclic amines) is 1. The highest BCUT2D eigenvalue weighted by Crippen LogP contribution is 2.19. The average Bonchev–Trinajstić information content (AvgIpc) is 2.81. The van der Waals surface area contributed by atoms with Crippen molar-refractivity contribution in [3.8, 4) is 5.75 Å². The smallest absolute Gasteiger partial charge is 0.191 e. The molecule has 2 saturated heterocycles. The first-order valence-corrected chi connectivity index (χ1v) is 11.8. The molecule has 0 bridgehead atoms. The third-order valence-corrected chi connectivity index (χ3v) is 6.26. The number of aliphatic imine (C=N–C) groups is 1. The summed E-state index contributed by atoms with van der Waals surface area (Å²) in [6.07, 6.45) is 3.97. The number of rotatable bonds is 9. The Balaban J connectivity index is 0.00000363. The summed E-state index contributed by atoms with van der Waals surface area (Å²) in [5.41, 5.74) is 1.30. The molecule has 2 heterocycles. The zero-order valence-electron chi connectivity index (χ0n) is 20.1. The van der Waals surface area contributed by atoms with Crippen LogP contribution in [0, 0.1) is 0 Å². The molecule has 2 aliphatic heterocycles. The van der Waals surface area contributed by atoms with Gasteiger partial charge in [-0.15, -0.1) is 24.0 Å². The molecule has 0 saturated carbocycles. The Kier molecular flexibility index (Phi) is 12.1. The first-order valence-electron chi connectivity index (χ1n) is 11.8. The number of ether oxygens (including phenoxy) is 2. The number of piperidine rings is 1. The molecule has 0 radical (unpaired) electrons. The molecule has 1 aromatic rings. The van der Waals surface area contributed by atoms with E-state index in [4.69, 9.17) is 9.47 Å². The molecule has 0 aliphatic carbocycles. The third-order valence-electron chi connectivity index (χ3n) is 6.26. The molecule has 2 N–H and O–H groups in total. The predicted molar refractivity (Wildman–Crippen MR) is 142 cm³/mol. The number of halogens is 1. The number of morpholine rings is 1. The Morgan fingerprint density at radius 1 is 1.09 bits per heavy atom. The van der Waals surface area contributed by atoms with E-state index in [0.29, 0.717) is 13.2 Å². The van der Waals surface area contributed by atoms with Crippen molar-refractivity contribution in [2.75, 3.05) is 66.1 Å². The summed E-state index contributed by atoms with van der Waals surface area (Å²) in [7, 11) is 1.83. The fourth-order valence-corrected chi connectivity index (χ4v) is 4.18. The fourth-order valence-electron chi connectivity index (χ4n) is 4.18. The van der Waals surface area contributed by atoms with Crippen LogP contribution in [0.2, 0.25) is 0 Å². The summed E-state index contributed by atoms with van der Waals surface area (Å²) in [6.45, 7) is 13.9. The standard InChI is InChI=1S/C24H41N5O2.HI/c1-24(2,29-10-5-4-6-11-29)20-27-23(25-3)26-19-21-8-7-9-22(18-21)31-17-14-28-12-15-30-16-13-28;/h7-9,18H,4-6,10-17,19-20H2,1-3H3,(H2,25,26,27);1H. The van der Waals surface area contributed by atoms with Crippen LogP contribution in [0.5, 0.6) is 5.75 Å². The minimum Gasteiger partial charge on any atom is -0.492 e. The highest BCUT2D eigenvalue weighted by molar-refractivity contribution is 14.0. The van der Waals surface area contributed by atoms with Gasteiger partial charge in [-0.3, -0.25) is 14.8 Å². The quantitative estimate of drug-likeness (QED) is 0.276. The van der Waals surface area contributed by atoms with Crippen LogP contribution in [0.3, 0.4) is 0 Å². The Labute approximate surface area is 211 Å². The molecule has 2 fully saturated rings. The number of nitrogens with one attached hydrogen (secondary N) is 2. The Morgan fingerprint density at radius 3 is 2.56 bits per heavy atom. The summed E-state index contributed by atoms with van der Waals surface area (Å²) in [4.78, 5) is 9.38. The van der Waals surface area contributed by atoms with Crippen LogP contribution in [0.4, 0.5) is 0 Å². The van der Waals surface area contributed by atoms with Crippen LogP contribution >= 0.6 is 24.0 Å². The topological polar surface area (TPSA) is 61.4 Å². The maximum Gasteiger partial charge on any atom is 0.191 e. The van der Waals surface area contributed by atoms with Crippen molar-refractivity contribution in [1.82, 2.24) is 20.4 Å². The Morgan fingerprint density at radius 2 is 1.84 bits per heavy atom. The van der Waals surface area contributed by atoms with Crippen LogP contribution in [-0.4, -0.2) is 87.4 Å². The maximum atomic E-state index is 5.98. The third kappa shape index (κ3) is 9.03. The number of benzene rings is 1. The number of nitrogens with zero attached hydrogens (tertiary/aromatic N) is 3. The molecule has 0 amide bonds. The van der Waals surface area contributed by atoms with Crippen molar-refractivity contribution >= 4 is 29.9 Å². The zero-order valence-corrected chi connectivity index (χ0v) is 22.4. The van der Waals surface area contributed by atoms with Crippen molar-refractivity contribution in [3.63, 3.8) is 0 Å². The van der Waals surface area contributed by atoms with Crippen molar-refractivity contribution in [2.45, 2.75) is 45.2 Å². The van der Waals surface area contributed by atoms with Crippen molar-refractivity contribution in [1.29, 1.82) is 0 Å². The van der Waals surface area contributed by atoms with E-state index < -0.39 is 0 Å². The summed E-state index contributed by atoms with van der Waals surface area (Å²) in [5, 5.41) is 6.95. The second-order valence-corrected chi connectivity index (χ2v) is 9.09. The lowest BCUT2D eigenvalue weighted by atomic mass is 9.98. The van der Waals surface area contributed by atoms with E-state index in [1.165, 1.54) is 37.9 Å². The highest BCUT2D eigenvalue weighted by Gasteiger charge is 2.27. The molecular weight excluding hydrogens is 517 g/mol. The van der Waals surface area contributed by atoms with Gasteiger partial charge in [0.15, 0.2) is 5.96 Å². The Bertz CT molecular complexity index is 689. The number of hydrogen-bond donors (Lipinski definition) is 2. The van der Waals surface area contributed by atoms with E-state index in [1.807, 2.05) is 13.1 Å². The van der Waals surface area contributed by atoms with Crippen LogP contribution < -0.4 is 15.4 Å². The second kappa shape index (κ2) is 14.2. The molecule has 3 rings (SSSR count). The van der Waals surface area contributed by atoms with Gasteiger partial charge < -0.3 is 20.1 Å². The van der Waals surface area contributed by atoms with Gasteiger partial charge in [0, 0.05) is 45.3 Å². The monoisotopic (exact) mass is 559 g/mol. The Hall–Kier alpha value is -1.10. The van der Waals surface area contributed by atoms with Gasteiger partial charge >= 0.3 is 0 Å². The minimum absolute atomic E-state index is 0. The highest BCUT2D eigenvalue weighted by atomic mass is 127. The number of hydrogen-bond acceptors (Lipinski definition) is 5. The van der Waals surface area contributed by atoms with Crippen LogP contribution in [0.25, 0.3) is 0 Å². The van der Waals surface area contributed by atoms with E-state index in [1.54, 1.807) is 0 Å². The number of guanidine groups is 1. The molecule has 0 unspecified atom stereocenters. The summed E-state index contributed by atoms with van der Waals surface area (Å²) >= 11 is 0. The average molecular weight is 560 g/mol. The van der Waals surface area contributed by atoms with E-state index >= 15 is 0 Å². The molecule has 2 aliphatic rings. The lowest BCUT2D eigenvalue weighted by Gasteiger charge is -2.41. The van der Waals surface area contributed by atoms with Crippen molar-refractivity contribution < 1.29 is 9.47 Å². The molecule has 182 valence electrons. The van der Waals surface area contributed by atoms with Crippen LogP contribution in [0.1, 0.15) is 38.7 Å². The van der Waals surface area contributed by atoms with E-state index in [0.717, 1.165) is 51.1 Å². The second-order valence-electron chi connectivity index (χ2n) is 9.09. The molecule has 0 atom stereocenters. The molecule has 8 heteroatoms. The van der Waals surface area contributed by atoms with Gasteiger partial charge in [0.05, 0.1) is 13.2 Å². The fraction of sp³-hybridized carbons (Fsp3) is 0.708. The van der Waals surface area contributed by atoms with Crippen LogP contribution in [-0.2, 0) is 11.3 Å². The molecule has 0 spiro atoms. The van der Waals surface area contributed by atoms with Gasteiger partial charge in [-0.25, -0.2) is 0 Å².